The van der Waals surface area contributed by atoms with Gasteiger partial charge in [0.15, 0.2) is 0 Å². The van der Waals surface area contributed by atoms with E-state index in [-0.39, 0.29) is 75.1 Å². The zero-order chi connectivity index (χ0) is 16.7. The second kappa shape index (κ2) is 7.72. The molecule has 0 bridgehead atoms. The minimum Gasteiger partial charge on any atom is -0.478 e. The first-order valence-electron chi connectivity index (χ1n) is 7.50. The number of nitrogens with zero attached hydrogens (tertiary/aromatic N) is 3. The Balaban J connectivity index is 0.00000208. The van der Waals surface area contributed by atoms with E-state index in [0.29, 0.717) is 5.56 Å². The first-order chi connectivity index (χ1) is 10.9. The van der Waals surface area contributed by atoms with Crippen molar-refractivity contribution in [3.63, 3.8) is 0 Å². The van der Waals surface area contributed by atoms with Gasteiger partial charge in [0, 0.05) is 33.9 Å². The first kappa shape index (κ1) is 19.7. The molecule has 3 rings (SSSR count). The molecule has 0 spiro atoms. The van der Waals surface area contributed by atoms with Crippen molar-refractivity contribution in [1.29, 1.82) is 0 Å². The molecule has 6 heteroatoms. The fraction of sp³-hybridized carbons (Fsp3) is 0.278. The predicted octanol–water partition coefficient (Wildman–Crippen LogP) is 0.0396. The van der Waals surface area contributed by atoms with Gasteiger partial charge < -0.3 is 19.8 Å². The summed E-state index contributed by atoms with van der Waals surface area (Å²) in [5, 5.41) is 9.20. The molecule has 1 aliphatic rings. The smallest absolute Gasteiger partial charge is 0.478 e. The molecule has 0 saturated carbocycles. The van der Waals surface area contributed by atoms with Crippen LogP contribution < -0.4 is 83.6 Å². The number of hydrogen-bond acceptors (Lipinski definition) is 4. The van der Waals surface area contributed by atoms with Crippen LogP contribution in [0.1, 0.15) is 22.1 Å². The van der Waals surface area contributed by atoms with Crippen LogP contribution in [0.2, 0.25) is 0 Å². The fourth-order valence-electron chi connectivity index (χ4n) is 3.15. The molecule has 0 saturated heterocycles. The predicted molar refractivity (Wildman–Crippen MR) is 93.7 cm³/mol. The third kappa shape index (κ3) is 3.49. The molecule has 1 heterocycles. The Labute approximate surface area is 201 Å². The Morgan fingerprint density at radius 2 is 1.58 bits per heavy atom. The average molecular weight is 444 g/mol. The monoisotopic (exact) mass is 444 g/mol. The van der Waals surface area contributed by atoms with Crippen molar-refractivity contribution in [1.82, 2.24) is 0 Å². The molecule has 2 aromatic carbocycles. The van der Waals surface area contributed by atoms with Crippen molar-refractivity contribution in [2.24, 2.45) is 0 Å². The van der Waals surface area contributed by atoms with Crippen LogP contribution in [0.4, 0.5) is 17.1 Å². The summed E-state index contributed by atoms with van der Waals surface area (Å²) in [6.45, 7) is 0. The molecule has 1 N–H and O–H groups in total. The second-order valence-corrected chi connectivity index (χ2v) is 6.09. The van der Waals surface area contributed by atoms with Gasteiger partial charge in [0.1, 0.15) is 6.17 Å². The summed E-state index contributed by atoms with van der Waals surface area (Å²) in [5.74, 6) is -0.900. The first-order valence-corrected chi connectivity index (χ1v) is 7.50. The molecule has 1 unspecified atom stereocenters. The number of anilines is 3. The van der Waals surface area contributed by atoms with Crippen LogP contribution in [0, 0.1) is 0 Å². The quantitative estimate of drug-likeness (QED) is 0.725. The van der Waals surface area contributed by atoms with E-state index in [1.54, 1.807) is 12.1 Å². The van der Waals surface area contributed by atoms with E-state index in [2.05, 4.69) is 39.0 Å². The molecule has 2 aromatic rings. The van der Waals surface area contributed by atoms with E-state index in [9.17, 15) is 9.90 Å². The van der Waals surface area contributed by atoms with Gasteiger partial charge in [-0.05, 0) is 35.9 Å². The Bertz CT molecular complexity index is 746. The molecule has 0 amide bonds. The van der Waals surface area contributed by atoms with Crippen LogP contribution in [0.15, 0.2) is 42.5 Å². The Morgan fingerprint density at radius 1 is 1.00 bits per heavy atom. The maximum absolute atomic E-state index is 11.2. The summed E-state index contributed by atoms with van der Waals surface area (Å²) in [4.78, 5) is 17.6. The normalized spacial score (nSPS) is 15.8. The van der Waals surface area contributed by atoms with Gasteiger partial charge >= 0.3 is 74.9 Å². The summed E-state index contributed by atoms with van der Waals surface area (Å²) in [7, 11) is 8.07. The van der Waals surface area contributed by atoms with E-state index in [1.807, 2.05) is 34.3 Å². The number of fused-ring (bicyclic) bond motifs is 1. The van der Waals surface area contributed by atoms with Crippen LogP contribution in [0.25, 0.3) is 0 Å². The Kier molecular flexibility index (Phi) is 6.33. The molecule has 0 radical (unpaired) electrons. The van der Waals surface area contributed by atoms with Crippen molar-refractivity contribution in [2.45, 2.75) is 6.17 Å². The maximum atomic E-state index is 11.2. The fourth-order valence-corrected chi connectivity index (χ4v) is 3.15. The van der Waals surface area contributed by atoms with Gasteiger partial charge in [-0.15, -0.1) is 0 Å². The van der Waals surface area contributed by atoms with Crippen molar-refractivity contribution in [3.05, 3.63) is 53.6 Å². The van der Waals surface area contributed by atoms with E-state index in [0.717, 1.165) is 17.1 Å². The average Bonchev–Trinajstić information content (AvgIpc) is 2.78. The Hall–Kier alpha value is -0.638. The van der Waals surface area contributed by atoms with Gasteiger partial charge in [-0.25, -0.2) is 4.79 Å². The second-order valence-electron chi connectivity index (χ2n) is 6.09. The molecular weight excluding hydrogens is 423 g/mol. The minimum absolute atomic E-state index is 0. The van der Waals surface area contributed by atoms with Gasteiger partial charge in [0.25, 0.3) is 0 Å². The van der Waals surface area contributed by atoms with Crippen LogP contribution in [0.5, 0.6) is 0 Å². The minimum atomic E-state index is -0.900. The van der Waals surface area contributed by atoms with Gasteiger partial charge in [0.2, 0.25) is 0 Å². The molecule has 0 fully saturated rings. The maximum Gasteiger partial charge on any atom is 1.00 e. The van der Waals surface area contributed by atoms with Gasteiger partial charge in [-0.3, -0.25) is 0 Å². The van der Waals surface area contributed by atoms with Crippen molar-refractivity contribution in [2.75, 3.05) is 42.9 Å². The van der Waals surface area contributed by atoms with Gasteiger partial charge in [0.05, 0.1) is 16.9 Å². The molecular formula is C18H21CsN3O2+. The van der Waals surface area contributed by atoms with Crippen LogP contribution in [-0.4, -0.2) is 39.3 Å². The van der Waals surface area contributed by atoms with Gasteiger partial charge in [-0.2, -0.15) is 0 Å². The zero-order valence-corrected chi connectivity index (χ0v) is 21.1. The summed E-state index contributed by atoms with van der Waals surface area (Å²) >= 11 is 0. The zero-order valence-electron chi connectivity index (χ0n) is 14.8. The molecule has 24 heavy (non-hydrogen) atoms. The number of rotatable bonds is 3. The third-order valence-electron chi connectivity index (χ3n) is 4.42. The third-order valence-corrected chi connectivity index (χ3v) is 4.42. The van der Waals surface area contributed by atoms with Crippen molar-refractivity contribution >= 4 is 23.0 Å². The number of benzene rings is 2. The number of carbonyl (C=O) groups is 1. The topological polar surface area (TPSA) is 47.0 Å². The number of aromatic carboxylic acids is 1. The molecule has 1 aliphatic heterocycles. The molecule has 120 valence electrons. The van der Waals surface area contributed by atoms with E-state index in [4.69, 9.17) is 0 Å². The van der Waals surface area contributed by atoms with Crippen molar-refractivity contribution < 1.29 is 78.8 Å². The van der Waals surface area contributed by atoms with Crippen LogP contribution >= 0.6 is 0 Å². The standard InChI is InChI=1S/C18H21N3O2.Cs/c1-19(2)14-8-5-12(6-9-14)17-20(3)15-10-7-13(18(22)23)11-16(15)21(17)4;/h5-11,17H,1-4H3,(H,22,23);/q;+1. The summed E-state index contributed by atoms with van der Waals surface area (Å²) in [6, 6.07) is 13.7. The summed E-state index contributed by atoms with van der Waals surface area (Å²) < 4.78 is 0. The number of hydrogen-bond donors (Lipinski definition) is 1. The SMILES string of the molecule is CN(C)c1ccc(C2N(C)c3ccc(C(=O)O)cc3N2C)cc1.[Cs+]. The molecule has 5 nitrogen and oxygen atoms in total. The largest absolute Gasteiger partial charge is 1.00 e. The molecule has 0 aliphatic carbocycles. The van der Waals surface area contributed by atoms with Crippen LogP contribution in [0.3, 0.4) is 0 Å². The van der Waals surface area contributed by atoms with E-state index >= 15 is 0 Å². The van der Waals surface area contributed by atoms with E-state index < -0.39 is 5.97 Å². The van der Waals surface area contributed by atoms with Crippen LogP contribution in [-0.2, 0) is 0 Å². The van der Waals surface area contributed by atoms with Crippen molar-refractivity contribution in [3.8, 4) is 0 Å². The molecule has 1 atom stereocenters. The number of carboxylic acids is 1. The Morgan fingerprint density at radius 3 is 2.12 bits per heavy atom. The number of carboxylic acid groups (broad SMARTS) is 1. The van der Waals surface area contributed by atoms with E-state index in [1.165, 1.54) is 5.56 Å². The molecule has 0 aromatic heterocycles. The van der Waals surface area contributed by atoms with Gasteiger partial charge in [-0.1, -0.05) is 12.1 Å². The summed E-state index contributed by atoms with van der Waals surface area (Å²) in [6.07, 6.45) is 0.0604. The summed E-state index contributed by atoms with van der Waals surface area (Å²) in [5.41, 5.74) is 4.62.